The van der Waals surface area contributed by atoms with Gasteiger partial charge in [-0.15, -0.1) is 0 Å². The van der Waals surface area contributed by atoms with Crippen molar-refractivity contribution in [1.82, 2.24) is 5.32 Å². The fourth-order valence-corrected chi connectivity index (χ4v) is 2.60. The third kappa shape index (κ3) is 2.63. The maximum absolute atomic E-state index is 11.5. The van der Waals surface area contributed by atoms with E-state index in [9.17, 15) is 4.79 Å². The lowest BCUT2D eigenvalue weighted by Gasteiger charge is -2.33. The Kier molecular flexibility index (Phi) is 3.43. The van der Waals surface area contributed by atoms with E-state index in [0.29, 0.717) is 12.3 Å². The minimum absolute atomic E-state index is 0.0785. The van der Waals surface area contributed by atoms with Crippen LogP contribution in [0.15, 0.2) is 24.3 Å². The highest BCUT2D eigenvalue weighted by Gasteiger charge is 2.40. The Hall–Kier alpha value is -1.02. The van der Waals surface area contributed by atoms with Gasteiger partial charge in [0.15, 0.2) is 0 Å². The number of rotatable bonds is 3. The van der Waals surface area contributed by atoms with Gasteiger partial charge >= 0.3 is 0 Å². The van der Waals surface area contributed by atoms with Crippen molar-refractivity contribution in [2.75, 3.05) is 0 Å². The molecule has 1 N–H and O–H groups in total. The summed E-state index contributed by atoms with van der Waals surface area (Å²) in [5.41, 5.74) is 1.15. The molecule has 1 saturated heterocycles. The Morgan fingerprint density at radius 1 is 1.35 bits per heavy atom. The van der Waals surface area contributed by atoms with Crippen LogP contribution < -0.4 is 5.32 Å². The first-order chi connectivity index (χ1) is 8.02. The third-order valence-corrected chi connectivity index (χ3v) is 3.98. The van der Waals surface area contributed by atoms with Crippen molar-refractivity contribution in [2.24, 2.45) is 5.92 Å². The highest BCUT2D eigenvalue weighted by molar-refractivity contribution is 6.30. The van der Waals surface area contributed by atoms with Crippen molar-refractivity contribution >= 4 is 17.5 Å². The molecule has 0 radical (unpaired) electrons. The summed E-state index contributed by atoms with van der Waals surface area (Å²) in [6.45, 7) is 4.34. The molecule has 1 unspecified atom stereocenters. The molecule has 3 heteroatoms. The lowest BCUT2D eigenvalue weighted by Crippen LogP contribution is -2.48. The van der Waals surface area contributed by atoms with Crippen LogP contribution in [0.3, 0.4) is 0 Å². The van der Waals surface area contributed by atoms with E-state index in [0.717, 1.165) is 17.9 Å². The number of carbonyl (C=O) groups excluding carboxylic acids is 1. The van der Waals surface area contributed by atoms with E-state index < -0.39 is 0 Å². The van der Waals surface area contributed by atoms with Gasteiger partial charge in [-0.2, -0.15) is 0 Å². The zero-order chi connectivity index (χ0) is 12.5. The van der Waals surface area contributed by atoms with Crippen molar-refractivity contribution in [1.29, 1.82) is 0 Å². The minimum atomic E-state index is -0.0785. The molecular formula is C14H18ClNO. The van der Waals surface area contributed by atoms with Gasteiger partial charge in [-0.05, 0) is 36.5 Å². The van der Waals surface area contributed by atoms with Crippen LogP contribution in [0.4, 0.5) is 0 Å². The largest absolute Gasteiger partial charge is 0.350 e. The normalized spacial score (nSPS) is 24.1. The number of benzene rings is 1. The number of hydrogen-bond acceptors (Lipinski definition) is 1. The molecule has 1 atom stereocenters. The van der Waals surface area contributed by atoms with Crippen molar-refractivity contribution in [3.63, 3.8) is 0 Å². The molecule has 0 spiro atoms. The number of halogens is 1. The molecule has 1 heterocycles. The van der Waals surface area contributed by atoms with Crippen LogP contribution in [0, 0.1) is 5.92 Å². The molecule has 17 heavy (non-hydrogen) atoms. The molecule has 0 saturated carbocycles. The summed E-state index contributed by atoms with van der Waals surface area (Å²) in [5.74, 6) is 0.609. The van der Waals surface area contributed by atoms with E-state index in [1.54, 1.807) is 0 Å². The van der Waals surface area contributed by atoms with Crippen molar-refractivity contribution in [3.05, 3.63) is 34.9 Å². The summed E-state index contributed by atoms with van der Waals surface area (Å²) in [6, 6.07) is 7.89. The van der Waals surface area contributed by atoms with E-state index in [-0.39, 0.29) is 11.4 Å². The summed E-state index contributed by atoms with van der Waals surface area (Å²) in [5, 5.41) is 3.91. The van der Waals surface area contributed by atoms with Crippen molar-refractivity contribution < 1.29 is 4.79 Å². The average molecular weight is 252 g/mol. The van der Waals surface area contributed by atoms with E-state index in [2.05, 4.69) is 19.2 Å². The molecule has 92 valence electrons. The van der Waals surface area contributed by atoms with Gasteiger partial charge in [-0.25, -0.2) is 0 Å². The van der Waals surface area contributed by atoms with Crippen LogP contribution in [-0.2, 0) is 11.2 Å². The van der Waals surface area contributed by atoms with Crippen LogP contribution >= 0.6 is 11.6 Å². The Bertz CT molecular complexity index is 413. The molecule has 1 aromatic rings. The smallest absolute Gasteiger partial charge is 0.220 e. The zero-order valence-corrected chi connectivity index (χ0v) is 11.1. The first kappa shape index (κ1) is 12.4. The van der Waals surface area contributed by atoms with E-state index in [4.69, 9.17) is 11.6 Å². The highest BCUT2D eigenvalue weighted by atomic mass is 35.5. The van der Waals surface area contributed by atoms with Crippen LogP contribution in [0.25, 0.3) is 0 Å². The summed E-state index contributed by atoms with van der Waals surface area (Å²) in [7, 11) is 0. The van der Waals surface area contributed by atoms with Gasteiger partial charge in [0.05, 0.1) is 0 Å². The predicted octanol–water partition coefficient (Wildman–Crippen LogP) is 3.19. The second-order valence-corrected chi connectivity index (χ2v) is 5.60. The first-order valence-electron chi connectivity index (χ1n) is 6.07. The zero-order valence-electron chi connectivity index (χ0n) is 10.3. The standard InChI is InChI=1S/C14H18ClNO/c1-10(2)14(8-7-13(17)16-14)9-11-3-5-12(15)6-4-11/h3-6,10H,7-9H2,1-2H3,(H,16,17). The van der Waals surface area contributed by atoms with Crippen molar-refractivity contribution in [2.45, 2.75) is 38.6 Å². The summed E-state index contributed by atoms with van der Waals surface area (Å²) >= 11 is 5.88. The molecule has 0 aromatic heterocycles. The second-order valence-electron chi connectivity index (χ2n) is 5.16. The van der Waals surface area contributed by atoms with Gasteiger partial charge in [0.2, 0.25) is 5.91 Å². The number of nitrogens with one attached hydrogen (secondary N) is 1. The molecule has 1 amide bonds. The summed E-state index contributed by atoms with van der Waals surface area (Å²) in [6.07, 6.45) is 2.45. The first-order valence-corrected chi connectivity index (χ1v) is 6.45. The van der Waals surface area contributed by atoms with Crippen LogP contribution in [0.5, 0.6) is 0 Å². The topological polar surface area (TPSA) is 29.1 Å². The molecule has 0 bridgehead atoms. The Balaban J connectivity index is 2.19. The monoisotopic (exact) mass is 251 g/mol. The summed E-state index contributed by atoms with van der Waals surface area (Å²) < 4.78 is 0. The Labute approximate surface area is 107 Å². The highest BCUT2D eigenvalue weighted by Crippen LogP contribution is 2.32. The van der Waals surface area contributed by atoms with E-state index in [1.807, 2.05) is 24.3 Å². The molecule has 1 fully saturated rings. The Morgan fingerprint density at radius 2 is 2.00 bits per heavy atom. The lowest BCUT2D eigenvalue weighted by molar-refractivity contribution is -0.120. The summed E-state index contributed by atoms with van der Waals surface area (Å²) in [4.78, 5) is 11.5. The lowest BCUT2D eigenvalue weighted by atomic mass is 9.80. The maximum Gasteiger partial charge on any atom is 0.220 e. The van der Waals surface area contributed by atoms with Crippen LogP contribution in [0.1, 0.15) is 32.3 Å². The van der Waals surface area contributed by atoms with Gasteiger partial charge in [-0.1, -0.05) is 37.6 Å². The molecule has 2 nitrogen and oxygen atoms in total. The molecule has 2 rings (SSSR count). The SMILES string of the molecule is CC(C)C1(Cc2ccc(Cl)cc2)CCC(=O)N1. The molecule has 1 aliphatic heterocycles. The maximum atomic E-state index is 11.5. The predicted molar refractivity (Wildman–Crippen MR) is 70.1 cm³/mol. The Morgan fingerprint density at radius 3 is 2.47 bits per heavy atom. The molecule has 1 aromatic carbocycles. The van der Waals surface area contributed by atoms with Crippen molar-refractivity contribution in [3.8, 4) is 0 Å². The van der Waals surface area contributed by atoms with Gasteiger partial charge in [0.1, 0.15) is 0 Å². The molecule has 1 aliphatic rings. The average Bonchev–Trinajstić information content (AvgIpc) is 2.65. The number of amides is 1. The number of carbonyl (C=O) groups is 1. The fourth-order valence-electron chi connectivity index (χ4n) is 2.48. The quantitative estimate of drug-likeness (QED) is 0.878. The van der Waals surface area contributed by atoms with E-state index >= 15 is 0 Å². The fraction of sp³-hybridized carbons (Fsp3) is 0.500. The second kappa shape index (κ2) is 4.69. The van der Waals surface area contributed by atoms with Crippen LogP contribution in [0.2, 0.25) is 5.02 Å². The molecular weight excluding hydrogens is 234 g/mol. The van der Waals surface area contributed by atoms with E-state index in [1.165, 1.54) is 5.56 Å². The van der Waals surface area contributed by atoms with Gasteiger partial charge in [0, 0.05) is 17.0 Å². The minimum Gasteiger partial charge on any atom is -0.350 e. The van der Waals surface area contributed by atoms with Gasteiger partial charge in [0.25, 0.3) is 0 Å². The van der Waals surface area contributed by atoms with Gasteiger partial charge < -0.3 is 5.32 Å². The number of hydrogen-bond donors (Lipinski definition) is 1. The van der Waals surface area contributed by atoms with Crippen LogP contribution in [-0.4, -0.2) is 11.4 Å². The third-order valence-electron chi connectivity index (χ3n) is 3.72. The molecule has 0 aliphatic carbocycles. The van der Waals surface area contributed by atoms with Gasteiger partial charge in [-0.3, -0.25) is 4.79 Å².